The highest BCUT2D eigenvalue weighted by Gasteiger charge is 2.41. The predicted molar refractivity (Wildman–Crippen MR) is 110 cm³/mol. The van der Waals surface area contributed by atoms with Crippen molar-refractivity contribution in [3.63, 3.8) is 0 Å². The first-order valence-corrected chi connectivity index (χ1v) is 9.52. The van der Waals surface area contributed by atoms with E-state index in [9.17, 15) is 0 Å². The first-order valence-electron chi connectivity index (χ1n) is 9.52. The number of hydrogen-bond donors (Lipinski definition) is 2. The minimum atomic E-state index is 0. The van der Waals surface area contributed by atoms with E-state index in [1.165, 1.54) is 45.2 Å². The Labute approximate surface area is 164 Å². The summed E-state index contributed by atoms with van der Waals surface area (Å²) in [6.07, 6.45) is 8.39. The fraction of sp³-hybridized carbons (Fsp3) is 0.944. The zero-order chi connectivity index (χ0) is 16.2. The lowest BCUT2D eigenvalue weighted by atomic mass is 9.96. The topological polar surface area (TPSA) is 48.9 Å². The van der Waals surface area contributed by atoms with Gasteiger partial charge in [-0.3, -0.25) is 9.89 Å². The molecule has 6 heteroatoms. The average molecular weight is 450 g/mol. The van der Waals surface area contributed by atoms with Gasteiger partial charge < -0.3 is 15.4 Å². The van der Waals surface area contributed by atoms with Gasteiger partial charge in [-0.05, 0) is 57.5 Å². The Hall–Kier alpha value is -0.0800. The van der Waals surface area contributed by atoms with Gasteiger partial charge in [-0.1, -0.05) is 13.8 Å². The molecule has 140 valence electrons. The molecule has 0 aliphatic carbocycles. The van der Waals surface area contributed by atoms with Gasteiger partial charge in [0.15, 0.2) is 5.96 Å². The number of ether oxygens (including phenoxy) is 1. The lowest BCUT2D eigenvalue weighted by Crippen LogP contribution is -2.51. The molecule has 0 aromatic carbocycles. The molecular weight excluding hydrogens is 415 g/mol. The number of nitrogens with one attached hydrogen (secondary N) is 2. The van der Waals surface area contributed by atoms with E-state index in [-0.39, 0.29) is 24.0 Å². The summed E-state index contributed by atoms with van der Waals surface area (Å²) in [6, 6.07) is 1.06. The van der Waals surface area contributed by atoms with E-state index in [0.29, 0.717) is 24.3 Å². The van der Waals surface area contributed by atoms with Gasteiger partial charge in [0.25, 0.3) is 0 Å². The van der Waals surface area contributed by atoms with Crippen LogP contribution in [0.2, 0.25) is 0 Å². The van der Waals surface area contributed by atoms with Crippen molar-refractivity contribution in [3.05, 3.63) is 0 Å². The molecular formula is C18H35IN4O. The van der Waals surface area contributed by atoms with Crippen LogP contribution in [0.15, 0.2) is 4.99 Å². The van der Waals surface area contributed by atoms with E-state index < -0.39 is 0 Å². The maximum absolute atomic E-state index is 5.94. The highest BCUT2D eigenvalue weighted by atomic mass is 127. The molecule has 0 amide bonds. The molecule has 0 saturated carbocycles. The standard InChI is InChI=1S/C18H34N4O.HI/c1-13(2)10-14(22-8-4-5-9-22)12-20-18(19-3)21-16-11-15-6-7-17(16)23-15;/h13-17H,4-12H2,1-3H3,(H2,19,20,21);1H. The predicted octanol–water partition coefficient (Wildman–Crippen LogP) is 2.60. The van der Waals surface area contributed by atoms with Crippen molar-refractivity contribution in [2.45, 2.75) is 76.7 Å². The molecule has 3 saturated heterocycles. The minimum Gasteiger partial charge on any atom is -0.373 e. The molecule has 3 heterocycles. The molecule has 5 nitrogen and oxygen atoms in total. The third-order valence-corrected chi connectivity index (χ3v) is 5.56. The van der Waals surface area contributed by atoms with Crippen molar-refractivity contribution in [3.8, 4) is 0 Å². The molecule has 3 aliphatic rings. The highest BCUT2D eigenvalue weighted by molar-refractivity contribution is 14.0. The third kappa shape index (κ3) is 5.21. The monoisotopic (exact) mass is 450 g/mol. The van der Waals surface area contributed by atoms with Crippen LogP contribution in [0.1, 0.15) is 52.4 Å². The number of likely N-dealkylation sites (tertiary alicyclic amines) is 1. The molecule has 0 radical (unpaired) electrons. The van der Waals surface area contributed by atoms with Crippen LogP contribution in [0, 0.1) is 5.92 Å². The maximum Gasteiger partial charge on any atom is 0.191 e. The van der Waals surface area contributed by atoms with Gasteiger partial charge in [0.05, 0.1) is 18.2 Å². The van der Waals surface area contributed by atoms with E-state index in [2.05, 4.69) is 34.4 Å². The Kier molecular flexibility index (Phi) is 8.07. The van der Waals surface area contributed by atoms with Crippen molar-refractivity contribution in [2.24, 2.45) is 10.9 Å². The number of guanidine groups is 1. The van der Waals surface area contributed by atoms with Gasteiger partial charge in [0.2, 0.25) is 0 Å². The van der Waals surface area contributed by atoms with Gasteiger partial charge >= 0.3 is 0 Å². The van der Waals surface area contributed by atoms with Crippen LogP contribution in [-0.2, 0) is 4.74 Å². The zero-order valence-electron chi connectivity index (χ0n) is 15.5. The summed E-state index contributed by atoms with van der Waals surface area (Å²) in [6.45, 7) is 8.14. The van der Waals surface area contributed by atoms with Crippen molar-refractivity contribution in [1.29, 1.82) is 0 Å². The number of rotatable bonds is 6. The first-order chi connectivity index (χ1) is 11.2. The number of hydrogen-bond acceptors (Lipinski definition) is 3. The minimum absolute atomic E-state index is 0. The second-order valence-corrected chi connectivity index (χ2v) is 7.84. The molecule has 4 atom stereocenters. The summed E-state index contributed by atoms with van der Waals surface area (Å²) in [4.78, 5) is 7.09. The van der Waals surface area contributed by atoms with Crippen LogP contribution in [0.25, 0.3) is 0 Å². The summed E-state index contributed by atoms with van der Waals surface area (Å²) in [5, 5.41) is 7.17. The van der Waals surface area contributed by atoms with Crippen LogP contribution in [0.5, 0.6) is 0 Å². The lowest BCUT2D eigenvalue weighted by Gasteiger charge is -2.30. The first kappa shape index (κ1) is 20.2. The lowest BCUT2D eigenvalue weighted by molar-refractivity contribution is 0.0992. The van der Waals surface area contributed by atoms with Gasteiger partial charge in [-0.2, -0.15) is 0 Å². The Morgan fingerprint density at radius 1 is 1.25 bits per heavy atom. The Morgan fingerprint density at radius 2 is 2.00 bits per heavy atom. The second kappa shape index (κ2) is 9.57. The number of nitrogens with zero attached hydrogens (tertiary/aromatic N) is 2. The summed E-state index contributed by atoms with van der Waals surface area (Å²) in [5.41, 5.74) is 0. The summed E-state index contributed by atoms with van der Waals surface area (Å²) in [7, 11) is 1.87. The third-order valence-electron chi connectivity index (χ3n) is 5.56. The molecule has 3 aliphatic heterocycles. The SMILES string of the molecule is CN=C(NCC(CC(C)C)N1CCCC1)NC1CC2CCC1O2.I. The fourth-order valence-electron chi connectivity index (χ4n) is 4.39. The van der Waals surface area contributed by atoms with Gasteiger partial charge in [0, 0.05) is 19.6 Å². The molecule has 4 unspecified atom stereocenters. The van der Waals surface area contributed by atoms with E-state index >= 15 is 0 Å². The molecule has 2 bridgehead atoms. The molecule has 0 spiro atoms. The summed E-state index contributed by atoms with van der Waals surface area (Å²) in [5.74, 6) is 1.68. The maximum atomic E-state index is 5.94. The van der Waals surface area contributed by atoms with Gasteiger partial charge in [-0.15, -0.1) is 24.0 Å². The largest absolute Gasteiger partial charge is 0.373 e. The highest BCUT2D eigenvalue weighted by Crippen LogP contribution is 2.34. The van der Waals surface area contributed by atoms with E-state index in [1.54, 1.807) is 0 Å². The summed E-state index contributed by atoms with van der Waals surface area (Å²) >= 11 is 0. The van der Waals surface area contributed by atoms with Crippen LogP contribution in [-0.4, -0.2) is 61.8 Å². The molecule has 0 aromatic rings. The fourth-order valence-corrected chi connectivity index (χ4v) is 4.39. The van der Waals surface area contributed by atoms with Crippen LogP contribution < -0.4 is 10.6 Å². The molecule has 3 rings (SSSR count). The van der Waals surface area contributed by atoms with Crippen LogP contribution >= 0.6 is 24.0 Å². The van der Waals surface area contributed by atoms with Crippen molar-refractivity contribution in [1.82, 2.24) is 15.5 Å². The second-order valence-electron chi connectivity index (χ2n) is 7.84. The van der Waals surface area contributed by atoms with E-state index in [0.717, 1.165) is 24.8 Å². The number of halogens is 1. The quantitative estimate of drug-likeness (QED) is 0.371. The van der Waals surface area contributed by atoms with Crippen molar-refractivity contribution in [2.75, 3.05) is 26.7 Å². The number of fused-ring (bicyclic) bond motifs is 2. The molecule has 24 heavy (non-hydrogen) atoms. The average Bonchev–Trinajstić information content (AvgIpc) is 3.26. The normalized spacial score (nSPS) is 31.3. The Bertz CT molecular complexity index is 412. The number of aliphatic imine (C=N–C) groups is 1. The molecule has 0 aromatic heterocycles. The van der Waals surface area contributed by atoms with E-state index in [4.69, 9.17) is 4.74 Å². The molecule has 3 fully saturated rings. The molecule has 2 N–H and O–H groups in total. The van der Waals surface area contributed by atoms with Crippen LogP contribution in [0.4, 0.5) is 0 Å². The zero-order valence-corrected chi connectivity index (χ0v) is 17.8. The van der Waals surface area contributed by atoms with Gasteiger partial charge in [-0.25, -0.2) is 0 Å². The van der Waals surface area contributed by atoms with E-state index in [1.807, 2.05) is 7.05 Å². The van der Waals surface area contributed by atoms with Crippen molar-refractivity contribution < 1.29 is 4.74 Å². The Morgan fingerprint density at radius 3 is 2.54 bits per heavy atom. The van der Waals surface area contributed by atoms with Crippen LogP contribution in [0.3, 0.4) is 0 Å². The smallest absolute Gasteiger partial charge is 0.191 e. The van der Waals surface area contributed by atoms with Gasteiger partial charge in [0.1, 0.15) is 0 Å². The Balaban J connectivity index is 0.00000208. The van der Waals surface area contributed by atoms with Crippen molar-refractivity contribution >= 4 is 29.9 Å². The summed E-state index contributed by atoms with van der Waals surface area (Å²) < 4.78 is 5.94.